The number of nitrogens with zero attached hydrogens (tertiary/aromatic N) is 1. The lowest BCUT2D eigenvalue weighted by Crippen LogP contribution is -2.44. The van der Waals surface area contributed by atoms with Gasteiger partial charge in [0.25, 0.3) is 0 Å². The fourth-order valence-corrected chi connectivity index (χ4v) is 5.06. The van der Waals surface area contributed by atoms with Crippen LogP contribution in [0.2, 0.25) is 0 Å². The largest absolute Gasteiger partial charge is 0.573 e. The molecular formula is C24H27F3N2O. The topological polar surface area (TPSA) is 28.3 Å². The molecule has 160 valence electrons. The maximum atomic E-state index is 12.6. The summed E-state index contributed by atoms with van der Waals surface area (Å²) in [5, 5.41) is 0.791. The summed E-state index contributed by atoms with van der Waals surface area (Å²) in [6.07, 6.45) is -0.575. The van der Waals surface area contributed by atoms with E-state index in [1.54, 1.807) is 6.07 Å². The Balaban J connectivity index is 1.59. The lowest BCUT2D eigenvalue weighted by atomic mass is 9.71. The van der Waals surface area contributed by atoms with Gasteiger partial charge in [-0.2, -0.15) is 0 Å². The smallest absolute Gasteiger partial charge is 0.406 e. The third-order valence-electron chi connectivity index (χ3n) is 6.69. The van der Waals surface area contributed by atoms with E-state index < -0.39 is 6.36 Å². The maximum absolute atomic E-state index is 12.6. The summed E-state index contributed by atoms with van der Waals surface area (Å²) in [6, 6.07) is 15.2. The van der Waals surface area contributed by atoms with Crippen LogP contribution in [-0.4, -0.2) is 30.3 Å². The molecule has 3 nitrogen and oxygen atoms in total. The highest BCUT2D eigenvalue weighted by atomic mass is 19.4. The molecule has 3 aromatic rings. The van der Waals surface area contributed by atoms with Crippen LogP contribution in [0.15, 0.2) is 48.5 Å². The lowest BCUT2D eigenvalue weighted by molar-refractivity contribution is -0.274. The van der Waals surface area contributed by atoms with Crippen LogP contribution in [0.5, 0.6) is 5.75 Å². The Morgan fingerprint density at radius 1 is 1.03 bits per heavy atom. The number of hydrogen-bond acceptors (Lipinski definition) is 2. The van der Waals surface area contributed by atoms with E-state index in [1.165, 1.54) is 17.7 Å². The van der Waals surface area contributed by atoms with Gasteiger partial charge in [-0.05, 0) is 81.9 Å². The van der Waals surface area contributed by atoms with Crippen molar-refractivity contribution in [3.8, 4) is 5.75 Å². The van der Waals surface area contributed by atoms with Gasteiger partial charge in [-0.25, -0.2) is 0 Å². The summed E-state index contributed by atoms with van der Waals surface area (Å²) in [5.74, 6) is 0.184. The number of alkyl halides is 3. The molecule has 0 unspecified atom stereocenters. The fourth-order valence-electron chi connectivity index (χ4n) is 5.06. The van der Waals surface area contributed by atoms with Crippen molar-refractivity contribution in [3.05, 3.63) is 65.4 Å². The maximum Gasteiger partial charge on any atom is 0.573 e. The fraction of sp³-hybridized carbons (Fsp3) is 0.417. The Morgan fingerprint density at radius 2 is 1.70 bits per heavy atom. The molecule has 1 N–H and O–H groups in total. The molecule has 1 aliphatic rings. The number of aromatic nitrogens is 1. The van der Waals surface area contributed by atoms with Gasteiger partial charge in [0.05, 0.1) is 0 Å². The Morgan fingerprint density at radius 3 is 2.30 bits per heavy atom. The molecular weight excluding hydrogens is 389 g/mol. The standard InChI is InChI=1S/C24H27F3N2O/c1-16-20-15-19(30-24(25,26)27)9-10-21(20)28-22(16)17-11-13-23(14-12-17,29(2)3)18-7-5-4-6-8-18/h4-10,15,17,28H,11-14H2,1-3H3. The monoisotopic (exact) mass is 416 g/mol. The van der Waals surface area contributed by atoms with E-state index in [0.29, 0.717) is 5.92 Å². The van der Waals surface area contributed by atoms with Crippen LogP contribution in [0.1, 0.15) is 48.4 Å². The van der Waals surface area contributed by atoms with Crippen molar-refractivity contribution in [2.24, 2.45) is 0 Å². The number of benzene rings is 2. The van der Waals surface area contributed by atoms with E-state index in [2.05, 4.69) is 53.0 Å². The molecule has 4 rings (SSSR count). The number of fused-ring (bicyclic) bond motifs is 1. The minimum Gasteiger partial charge on any atom is -0.406 e. The zero-order chi connectivity index (χ0) is 21.5. The van der Waals surface area contributed by atoms with Crippen molar-refractivity contribution in [1.29, 1.82) is 0 Å². The van der Waals surface area contributed by atoms with Crippen molar-refractivity contribution in [1.82, 2.24) is 9.88 Å². The SMILES string of the molecule is Cc1c(C2CCC(c3ccccc3)(N(C)C)CC2)[nH]c2ccc(OC(F)(F)F)cc12. The third-order valence-corrected chi connectivity index (χ3v) is 6.69. The quantitative estimate of drug-likeness (QED) is 0.527. The number of aryl methyl sites for hydroxylation is 1. The van der Waals surface area contributed by atoms with Gasteiger partial charge < -0.3 is 9.72 Å². The molecule has 0 bridgehead atoms. The van der Waals surface area contributed by atoms with E-state index in [4.69, 9.17) is 0 Å². The molecule has 6 heteroatoms. The van der Waals surface area contributed by atoms with Gasteiger partial charge in [0.15, 0.2) is 0 Å². The Bertz CT molecular complexity index is 1020. The highest BCUT2D eigenvalue weighted by Gasteiger charge is 2.39. The van der Waals surface area contributed by atoms with Crippen LogP contribution in [0.3, 0.4) is 0 Å². The van der Waals surface area contributed by atoms with Crippen molar-refractivity contribution in [3.63, 3.8) is 0 Å². The highest BCUT2D eigenvalue weighted by Crippen LogP contribution is 2.47. The number of ether oxygens (including phenoxy) is 1. The lowest BCUT2D eigenvalue weighted by Gasteiger charge is -2.45. The van der Waals surface area contributed by atoms with Crippen LogP contribution < -0.4 is 4.74 Å². The highest BCUT2D eigenvalue weighted by molar-refractivity contribution is 5.86. The first-order valence-electron chi connectivity index (χ1n) is 10.3. The number of nitrogens with one attached hydrogen (secondary N) is 1. The van der Waals surface area contributed by atoms with Crippen molar-refractivity contribution < 1.29 is 17.9 Å². The van der Waals surface area contributed by atoms with Crippen LogP contribution in [0.4, 0.5) is 13.2 Å². The summed E-state index contributed by atoms with van der Waals surface area (Å²) in [5.41, 5.74) is 4.36. The van der Waals surface area contributed by atoms with Crippen molar-refractivity contribution in [2.45, 2.75) is 50.4 Å². The molecule has 30 heavy (non-hydrogen) atoms. The number of aromatic amines is 1. The second-order valence-corrected chi connectivity index (χ2v) is 8.49. The molecule has 0 spiro atoms. The summed E-state index contributed by atoms with van der Waals surface area (Å²) in [4.78, 5) is 5.80. The van der Waals surface area contributed by atoms with Crippen LogP contribution >= 0.6 is 0 Å². The van der Waals surface area contributed by atoms with Gasteiger partial charge in [-0.1, -0.05) is 30.3 Å². The summed E-state index contributed by atoms with van der Waals surface area (Å²) < 4.78 is 41.8. The van der Waals surface area contributed by atoms with Crippen molar-refractivity contribution >= 4 is 10.9 Å². The predicted octanol–water partition coefficient (Wildman–Crippen LogP) is 6.49. The van der Waals surface area contributed by atoms with E-state index in [-0.39, 0.29) is 11.3 Å². The zero-order valence-electron chi connectivity index (χ0n) is 17.5. The number of halogens is 3. The van der Waals surface area contributed by atoms with Crippen LogP contribution in [0.25, 0.3) is 10.9 Å². The third kappa shape index (κ3) is 3.81. The Kier molecular flexibility index (Phi) is 5.30. The first-order chi connectivity index (χ1) is 14.2. The molecule has 0 saturated heterocycles. The average Bonchev–Trinajstić information content (AvgIpc) is 3.03. The Labute approximate surface area is 174 Å². The minimum absolute atomic E-state index is 0.0192. The van der Waals surface area contributed by atoms with E-state index in [9.17, 15) is 13.2 Å². The van der Waals surface area contributed by atoms with E-state index in [0.717, 1.165) is 47.8 Å². The van der Waals surface area contributed by atoms with Gasteiger partial charge in [-0.3, -0.25) is 4.90 Å². The first kappa shape index (κ1) is 20.8. The molecule has 0 aliphatic heterocycles. The van der Waals surface area contributed by atoms with Gasteiger partial charge in [-0.15, -0.1) is 13.2 Å². The minimum atomic E-state index is -4.68. The van der Waals surface area contributed by atoms with Crippen LogP contribution in [-0.2, 0) is 5.54 Å². The van der Waals surface area contributed by atoms with Gasteiger partial charge >= 0.3 is 6.36 Å². The summed E-state index contributed by atoms with van der Waals surface area (Å²) in [6.45, 7) is 1.98. The van der Waals surface area contributed by atoms with Gasteiger partial charge in [0.1, 0.15) is 5.75 Å². The molecule has 0 amide bonds. The summed E-state index contributed by atoms with van der Waals surface area (Å²) >= 11 is 0. The average molecular weight is 416 g/mol. The normalized spacial score (nSPS) is 22.6. The molecule has 1 saturated carbocycles. The molecule has 2 aromatic carbocycles. The Hall–Kier alpha value is -2.47. The molecule has 0 radical (unpaired) electrons. The van der Waals surface area contributed by atoms with Gasteiger partial charge in [0, 0.05) is 22.1 Å². The second kappa shape index (κ2) is 7.65. The van der Waals surface area contributed by atoms with E-state index in [1.807, 2.05) is 13.0 Å². The zero-order valence-corrected chi connectivity index (χ0v) is 17.5. The van der Waals surface area contributed by atoms with Crippen LogP contribution in [0, 0.1) is 6.92 Å². The van der Waals surface area contributed by atoms with Gasteiger partial charge in [0.2, 0.25) is 0 Å². The molecule has 1 fully saturated rings. The molecule has 0 atom stereocenters. The number of H-pyrrole nitrogens is 1. The molecule has 1 heterocycles. The summed E-state index contributed by atoms with van der Waals surface area (Å²) in [7, 11) is 4.29. The predicted molar refractivity (Wildman–Crippen MR) is 113 cm³/mol. The number of hydrogen-bond donors (Lipinski definition) is 1. The second-order valence-electron chi connectivity index (χ2n) is 8.49. The first-order valence-corrected chi connectivity index (χ1v) is 10.3. The van der Waals surface area contributed by atoms with E-state index >= 15 is 0 Å². The molecule has 1 aliphatic carbocycles. The molecule has 1 aromatic heterocycles. The van der Waals surface area contributed by atoms with Crippen molar-refractivity contribution in [2.75, 3.05) is 14.1 Å². The number of rotatable bonds is 4.